The molecule has 5 heteroatoms. The Kier molecular flexibility index (Phi) is 4.35. The minimum atomic E-state index is -0.531. The smallest absolute Gasteiger partial charge is 0.160 e. The van der Waals surface area contributed by atoms with E-state index in [2.05, 4.69) is 24.1 Å². The number of benzene rings is 1. The van der Waals surface area contributed by atoms with Crippen LogP contribution in [0.5, 0.6) is 0 Å². The fraction of sp³-hybridized carbons (Fsp3) is 0.625. The third-order valence-corrected chi connectivity index (χ3v) is 5.19. The van der Waals surface area contributed by atoms with E-state index in [1.807, 2.05) is 0 Å². The second kappa shape index (κ2) is 5.94. The Bertz CT molecular complexity index is 508. The van der Waals surface area contributed by atoms with Crippen LogP contribution < -0.4 is 10.2 Å². The van der Waals surface area contributed by atoms with Crippen molar-refractivity contribution in [3.05, 3.63) is 28.0 Å². The summed E-state index contributed by atoms with van der Waals surface area (Å²) in [7, 11) is 0. The standard InChI is InChI=1S/C16H21Cl2FN2/c1-9(2)15-7-20-14(10-3-4-10)8-21(15)11-5-12(17)16(19)13(18)6-11/h5-6,9-10,14-15,20H,3-4,7-8H2,1-2H3. The molecule has 2 atom stereocenters. The summed E-state index contributed by atoms with van der Waals surface area (Å²) in [6.45, 7) is 6.31. The Labute approximate surface area is 135 Å². The molecule has 1 aromatic rings. The van der Waals surface area contributed by atoms with Gasteiger partial charge < -0.3 is 10.2 Å². The Morgan fingerprint density at radius 2 is 1.86 bits per heavy atom. The Morgan fingerprint density at radius 1 is 1.24 bits per heavy atom. The molecular weight excluding hydrogens is 310 g/mol. The van der Waals surface area contributed by atoms with E-state index in [9.17, 15) is 4.39 Å². The predicted octanol–water partition coefficient (Wildman–Crippen LogP) is 4.35. The van der Waals surface area contributed by atoms with E-state index in [4.69, 9.17) is 23.2 Å². The van der Waals surface area contributed by atoms with E-state index < -0.39 is 5.82 Å². The highest BCUT2D eigenvalue weighted by atomic mass is 35.5. The van der Waals surface area contributed by atoms with Crippen LogP contribution in [0.1, 0.15) is 26.7 Å². The van der Waals surface area contributed by atoms with Crippen LogP contribution in [-0.2, 0) is 0 Å². The summed E-state index contributed by atoms with van der Waals surface area (Å²) in [5.74, 6) is 0.754. The van der Waals surface area contributed by atoms with Crippen LogP contribution in [0, 0.1) is 17.7 Å². The largest absolute Gasteiger partial charge is 0.365 e. The third-order valence-electron chi connectivity index (χ3n) is 4.64. The van der Waals surface area contributed by atoms with Crippen molar-refractivity contribution in [2.75, 3.05) is 18.0 Å². The molecular formula is C16H21Cl2FN2. The van der Waals surface area contributed by atoms with Gasteiger partial charge in [0, 0.05) is 30.9 Å². The summed E-state index contributed by atoms with van der Waals surface area (Å²) in [6, 6.07) is 4.29. The third kappa shape index (κ3) is 3.15. The van der Waals surface area contributed by atoms with Crippen LogP contribution in [-0.4, -0.2) is 25.2 Å². The van der Waals surface area contributed by atoms with Gasteiger partial charge in [-0.15, -0.1) is 0 Å². The van der Waals surface area contributed by atoms with Crippen LogP contribution in [0.15, 0.2) is 12.1 Å². The maximum Gasteiger partial charge on any atom is 0.160 e. The van der Waals surface area contributed by atoms with Gasteiger partial charge in [0.2, 0.25) is 0 Å². The van der Waals surface area contributed by atoms with Crippen molar-refractivity contribution in [1.82, 2.24) is 5.32 Å². The van der Waals surface area contributed by atoms with Crippen LogP contribution >= 0.6 is 23.2 Å². The normalized spacial score (nSPS) is 26.5. The van der Waals surface area contributed by atoms with Crippen molar-refractivity contribution in [2.24, 2.45) is 11.8 Å². The minimum Gasteiger partial charge on any atom is -0.365 e. The van der Waals surface area contributed by atoms with Crippen molar-refractivity contribution in [2.45, 2.75) is 38.8 Å². The van der Waals surface area contributed by atoms with Crippen molar-refractivity contribution in [3.63, 3.8) is 0 Å². The van der Waals surface area contributed by atoms with E-state index >= 15 is 0 Å². The molecule has 1 aromatic carbocycles. The molecule has 2 nitrogen and oxygen atoms in total. The highest BCUT2D eigenvalue weighted by Gasteiger charge is 2.38. The van der Waals surface area contributed by atoms with Gasteiger partial charge in [0.05, 0.1) is 10.0 Å². The van der Waals surface area contributed by atoms with Crippen LogP contribution in [0.2, 0.25) is 10.0 Å². The predicted molar refractivity (Wildman–Crippen MR) is 86.9 cm³/mol. The molecule has 0 spiro atoms. The highest BCUT2D eigenvalue weighted by molar-refractivity contribution is 6.35. The number of anilines is 1. The molecule has 1 heterocycles. The van der Waals surface area contributed by atoms with Crippen LogP contribution in [0.4, 0.5) is 10.1 Å². The lowest BCUT2D eigenvalue weighted by Gasteiger charge is -2.44. The summed E-state index contributed by atoms with van der Waals surface area (Å²) in [5.41, 5.74) is 0.928. The van der Waals surface area contributed by atoms with Gasteiger partial charge in [-0.25, -0.2) is 4.39 Å². The van der Waals surface area contributed by atoms with Gasteiger partial charge in [0.15, 0.2) is 5.82 Å². The van der Waals surface area contributed by atoms with Crippen molar-refractivity contribution in [3.8, 4) is 0 Å². The Balaban J connectivity index is 1.90. The molecule has 2 fully saturated rings. The van der Waals surface area contributed by atoms with Gasteiger partial charge in [-0.1, -0.05) is 37.0 Å². The summed E-state index contributed by atoms with van der Waals surface area (Å²) >= 11 is 12.0. The van der Waals surface area contributed by atoms with Crippen LogP contribution in [0.25, 0.3) is 0 Å². The van der Waals surface area contributed by atoms with Gasteiger partial charge in [0.25, 0.3) is 0 Å². The van der Waals surface area contributed by atoms with E-state index in [-0.39, 0.29) is 10.0 Å². The SMILES string of the molecule is CC(C)C1CNC(C2CC2)CN1c1cc(Cl)c(F)c(Cl)c1. The number of hydrogen-bond donors (Lipinski definition) is 1. The van der Waals surface area contributed by atoms with E-state index in [0.29, 0.717) is 18.0 Å². The van der Waals surface area contributed by atoms with Gasteiger partial charge >= 0.3 is 0 Å². The summed E-state index contributed by atoms with van der Waals surface area (Å²) in [5, 5.41) is 3.87. The molecule has 1 saturated carbocycles. The van der Waals surface area contributed by atoms with E-state index in [1.165, 1.54) is 12.8 Å². The van der Waals surface area contributed by atoms with Crippen molar-refractivity contribution in [1.29, 1.82) is 0 Å². The number of nitrogens with one attached hydrogen (secondary N) is 1. The first-order valence-corrected chi connectivity index (χ1v) is 8.37. The van der Waals surface area contributed by atoms with Gasteiger partial charge in [-0.05, 0) is 36.8 Å². The molecule has 1 N–H and O–H groups in total. The fourth-order valence-corrected chi connectivity index (χ4v) is 3.68. The molecule has 0 bridgehead atoms. The molecule has 0 amide bonds. The van der Waals surface area contributed by atoms with Crippen molar-refractivity contribution < 1.29 is 4.39 Å². The zero-order valence-electron chi connectivity index (χ0n) is 12.4. The molecule has 1 saturated heterocycles. The topological polar surface area (TPSA) is 15.3 Å². The summed E-state index contributed by atoms with van der Waals surface area (Å²) in [6.07, 6.45) is 2.62. The van der Waals surface area contributed by atoms with Crippen molar-refractivity contribution >= 4 is 28.9 Å². The molecule has 116 valence electrons. The Hall–Kier alpha value is -0.510. The maximum absolute atomic E-state index is 13.7. The number of piperazine rings is 1. The highest BCUT2D eigenvalue weighted by Crippen LogP contribution is 2.37. The minimum absolute atomic E-state index is 0.0986. The second-order valence-electron chi connectivity index (χ2n) is 6.54. The monoisotopic (exact) mass is 330 g/mol. The summed E-state index contributed by atoms with van der Waals surface area (Å²) in [4.78, 5) is 2.35. The molecule has 0 radical (unpaired) electrons. The molecule has 2 unspecified atom stereocenters. The van der Waals surface area contributed by atoms with Gasteiger partial charge in [-0.3, -0.25) is 0 Å². The van der Waals surface area contributed by atoms with Gasteiger partial charge in [0.1, 0.15) is 0 Å². The number of hydrogen-bond acceptors (Lipinski definition) is 2. The second-order valence-corrected chi connectivity index (χ2v) is 7.35. The molecule has 1 aliphatic carbocycles. The van der Waals surface area contributed by atoms with Crippen LogP contribution in [0.3, 0.4) is 0 Å². The lowest BCUT2D eigenvalue weighted by atomic mass is 9.96. The Morgan fingerprint density at radius 3 is 2.38 bits per heavy atom. The number of halogens is 3. The van der Waals surface area contributed by atoms with E-state index in [1.54, 1.807) is 12.1 Å². The quantitative estimate of drug-likeness (QED) is 0.829. The molecule has 21 heavy (non-hydrogen) atoms. The zero-order valence-corrected chi connectivity index (χ0v) is 13.9. The number of nitrogens with zero attached hydrogens (tertiary/aromatic N) is 1. The molecule has 1 aliphatic heterocycles. The maximum atomic E-state index is 13.7. The first-order valence-electron chi connectivity index (χ1n) is 7.62. The molecule has 0 aromatic heterocycles. The van der Waals surface area contributed by atoms with E-state index in [0.717, 1.165) is 24.7 Å². The average molecular weight is 331 g/mol. The summed E-state index contributed by atoms with van der Waals surface area (Å²) < 4.78 is 13.7. The van der Waals surface area contributed by atoms with Gasteiger partial charge in [-0.2, -0.15) is 0 Å². The fourth-order valence-electron chi connectivity index (χ4n) is 3.21. The molecule has 3 rings (SSSR count). The number of rotatable bonds is 3. The first kappa shape index (κ1) is 15.4. The first-order chi connectivity index (χ1) is 9.97. The lowest BCUT2D eigenvalue weighted by Crippen LogP contribution is -2.59. The average Bonchev–Trinajstić information content (AvgIpc) is 3.28. The zero-order chi connectivity index (χ0) is 15.1. The molecule has 2 aliphatic rings. The lowest BCUT2D eigenvalue weighted by molar-refractivity contribution is 0.320.